The number of rotatable bonds is 4. The van der Waals surface area contributed by atoms with Gasteiger partial charge in [-0.2, -0.15) is 4.98 Å². The van der Waals surface area contributed by atoms with E-state index < -0.39 is 0 Å². The molecule has 0 spiro atoms. The van der Waals surface area contributed by atoms with Gasteiger partial charge in [-0.25, -0.2) is 9.97 Å². The van der Waals surface area contributed by atoms with E-state index >= 15 is 0 Å². The van der Waals surface area contributed by atoms with Crippen molar-refractivity contribution in [2.75, 3.05) is 42.1 Å². The molecule has 4 N–H and O–H groups in total. The van der Waals surface area contributed by atoms with Crippen LogP contribution in [0.1, 0.15) is 0 Å². The van der Waals surface area contributed by atoms with Crippen LogP contribution < -0.4 is 21.3 Å². The molecular formula is C22H22N8. The molecule has 1 aliphatic rings. The van der Waals surface area contributed by atoms with Crippen molar-refractivity contribution in [2.45, 2.75) is 0 Å². The van der Waals surface area contributed by atoms with Crippen LogP contribution in [0.3, 0.4) is 0 Å². The van der Waals surface area contributed by atoms with Crippen LogP contribution in [0.5, 0.6) is 0 Å². The SMILES string of the molecule is Nc1nc(Nc2ccc(N3CCNCC3)nc2)nc2c(-c3ccccn3)cccc12. The lowest BCUT2D eigenvalue weighted by Crippen LogP contribution is -2.43. The quantitative estimate of drug-likeness (QED) is 0.482. The first-order valence-electron chi connectivity index (χ1n) is 9.94. The Labute approximate surface area is 174 Å². The van der Waals surface area contributed by atoms with Crippen molar-refractivity contribution in [3.63, 3.8) is 0 Å². The Hall–Kier alpha value is -3.78. The molecule has 5 rings (SSSR count). The zero-order valence-electron chi connectivity index (χ0n) is 16.4. The Morgan fingerprint density at radius 3 is 2.60 bits per heavy atom. The molecule has 150 valence electrons. The van der Waals surface area contributed by atoms with E-state index in [0.717, 1.165) is 59.8 Å². The summed E-state index contributed by atoms with van der Waals surface area (Å²) in [4.78, 5) is 20.5. The number of para-hydroxylation sites is 1. The van der Waals surface area contributed by atoms with Gasteiger partial charge in [-0.15, -0.1) is 0 Å². The number of hydrogen-bond acceptors (Lipinski definition) is 8. The summed E-state index contributed by atoms with van der Waals surface area (Å²) in [5.41, 5.74) is 9.56. The summed E-state index contributed by atoms with van der Waals surface area (Å²) in [6.07, 6.45) is 3.56. The van der Waals surface area contributed by atoms with Crippen molar-refractivity contribution >= 4 is 34.2 Å². The Morgan fingerprint density at radius 1 is 0.933 bits per heavy atom. The van der Waals surface area contributed by atoms with Crippen LogP contribution in [0.4, 0.5) is 23.3 Å². The molecule has 1 saturated heterocycles. The van der Waals surface area contributed by atoms with E-state index in [4.69, 9.17) is 10.7 Å². The Balaban J connectivity index is 1.46. The van der Waals surface area contributed by atoms with E-state index in [-0.39, 0.29) is 0 Å². The molecule has 1 fully saturated rings. The molecule has 8 heteroatoms. The fourth-order valence-electron chi connectivity index (χ4n) is 3.63. The predicted octanol–water partition coefficient (Wildman–Crippen LogP) is 2.82. The van der Waals surface area contributed by atoms with Crippen molar-refractivity contribution in [1.82, 2.24) is 25.3 Å². The summed E-state index contributed by atoms with van der Waals surface area (Å²) < 4.78 is 0. The maximum absolute atomic E-state index is 6.24. The molecule has 0 atom stereocenters. The number of nitrogens with one attached hydrogen (secondary N) is 2. The van der Waals surface area contributed by atoms with Crippen LogP contribution >= 0.6 is 0 Å². The molecule has 0 saturated carbocycles. The second-order valence-corrected chi connectivity index (χ2v) is 7.12. The van der Waals surface area contributed by atoms with Gasteiger partial charge in [0.2, 0.25) is 5.95 Å². The Kier molecular flexibility index (Phi) is 4.82. The molecule has 0 radical (unpaired) electrons. The molecular weight excluding hydrogens is 376 g/mol. The summed E-state index contributed by atoms with van der Waals surface area (Å²) >= 11 is 0. The third-order valence-electron chi connectivity index (χ3n) is 5.14. The molecule has 4 aromatic rings. The van der Waals surface area contributed by atoms with Crippen molar-refractivity contribution < 1.29 is 0 Å². The molecule has 0 unspecified atom stereocenters. The number of nitrogen functional groups attached to an aromatic ring is 1. The zero-order chi connectivity index (χ0) is 20.3. The number of nitrogens with zero attached hydrogens (tertiary/aromatic N) is 5. The van der Waals surface area contributed by atoms with Crippen molar-refractivity contribution in [2.24, 2.45) is 0 Å². The van der Waals surface area contributed by atoms with E-state index in [1.54, 1.807) is 12.4 Å². The molecule has 3 aromatic heterocycles. The number of aromatic nitrogens is 4. The van der Waals surface area contributed by atoms with E-state index in [1.165, 1.54) is 0 Å². The van der Waals surface area contributed by atoms with Crippen LogP contribution in [0.15, 0.2) is 60.9 Å². The zero-order valence-corrected chi connectivity index (χ0v) is 16.4. The normalized spacial score (nSPS) is 14.1. The highest BCUT2D eigenvalue weighted by atomic mass is 15.2. The number of piperazine rings is 1. The summed E-state index contributed by atoms with van der Waals surface area (Å²) in [6, 6.07) is 15.7. The molecule has 1 aliphatic heterocycles. The molecule has 0 bridgehead atoms. The minimum Gasteiger partial charge on any atom is -0.383 e. The van der Waals surface area contributed by atoms with Crippen LogP contribution in [-0.2, 0) is 0 Å². The highest BCUT2D eigenvalue weighted by Crippen LogP contribution is 2.29. The van der Waals surface area contributed by atoms with Crippen molar-refractivity contribution in [3.05, 3.63) is 60.9 Å². The minimum atomic E-state index is 0.422. The van der Waals surface area contributed by atoms with Gasteiger partial charge in [-0.05, 0) is 30.3 Å². The predicted molar refractivity (Wildman–Crippen MR) is 120 cm³/mol. The lowest BCUT2D eigenvalue weighted by atomic mass is 10.1. The molecule has 1 aromatic carbocycles. The third kappa shape index (κ3) is 3.60. The molecule has 4 heterocycles. The van der Waals surface area contributed by atoms with Crippen LogP contribution in [0.25, 0.3) is 22.2 Å². The minimum absolute atomic E-state index is 0.422. The molecule has 8 nitrogen and oxygen atoms in total. The van der Waals surface area contributed by atoms with Gasteiger partial charge >= 0.3 is 0 Å². The van der Waals surface area contributed by atoms with Gasteiger partial charge in [0.25, 0.3) is 0 Å². The average molecular weight is 398 g/mol. The topological polar surface area (TPSA) is 105 Å². The van der Waals surface area contributed by atoms with Gasteiger partial charge in [0.15, 0.2) is 0 Å². The molecule has 30 heavy (non-hydrogen) atoms. The number of anilines is 4. The monoisotopic (exact) mass is 398 g/mol. The van der Waals surface area contributed by atoms with Crippen molar-refractivity contribution in [1.29, 1.82) is 0 Å². The van der Waals surface area contributed by atoms with Gasteiger partial charge in [-0.3, -0.25) is 4.98 Å². The maximum Gasteiger partial charge on any atom is 0.229 e. The van der Waals surface area contributed by atoms with Crippen LogP contribution in [0, 0.1) is 0 Å². The largest absolute Gasteiger partial charge is 0.383 e. The summed E-state index contributed by atoms with van der Waals surface area (Å²) in [5.74, 6) is 1.82. The highest BCUT2D eigenvalue weighted by Gasteiger charge is 2.13. The summed E-state index contributed by atoms with van der Waals surface area (Å²) in [5, 5.41) is 7.38. The first-order valence-corrected chi connectivity index (χ1v) is 9.94. The van der Waals surface area contributed by atoms with Gasteiger partial charge in [-0.1, -0.05) is 18.2 Å². The first kappa shape index (κ1) is 18.3. The average Bonchev–Trinajstić information content (AvgIpc) is 2.80. The standard InChI is InChI=1S/C22H22N8/c23-21-17-5-3-4-16(18-6-1-2-9-25-18)20(17)28-22(29-21)27-15-7-8-19(26-14-15)30-12-10-24-11-13-30/h1-9,14,24H,10-13H2,(H3,23,27,28,29). The Bertz CT molecular complexity index is 1160. The first-order chi connectivity index (χ1) is 14.8. The van der Waals surface area contributed by atoms with Gasteiger partial charge < -0.3 is 21.3 Å². The number of fused-ring (bicyclic) bond motifs is 1. The highest BCUT2D eigenvalue weighted by molar-refractivity contribution is 5.98. The van der Waals surface area contributed by atoms with E-state index in [2.05, 4.69) is 30.5 Å². The number of benzene rings is 1. The third-order valence-corrected chi connectivity index (χ3v) is 5.14. The molecule has 0 amide bonds. The van der Waals surface area contributed by atoms with Crippen LogP contribution in [-0.4, -0.2) is 46.1 Å². The van der Waals surface area contributed by atoms with Crippen LogP contribution in [0.2, 0.25) is 0 Å². The summed E-state index contributed by atoms with van der Waals surface area (Å²) in [6.45, 7) is 3.87. The second kappa shape index (κ2) is 7.92. The van der Waals surface area contributed by atoms with E-state index in [1.807, 2.05) is 48.5 Å². The van der Waals surface area contributed by atoms with Crippen molar-refractivity contribution in [3.8, 4) is 11.3 Å². The lowest BCUT2D eigenvalue weighted by Gasteiger charge is -2.28. The fourth-order valence-corrected chi connectivity index (χ4v) is 3.63. The Morgan fingerprint density at radius 2 is 1.83 bits per heavy atom. The van der Waals surface area contributed by atoms with Gasteiger partial charge in [0, 0.05) is 43.3 Å². The fraction of sp³-hybridized carbons (Fsp3) is 0.182. The van der Waals surface area contributed by atoms with E-state index in [9.17, 15) is 0 Å². The second-order valence-electron chi connectivity index (χ2n) is 7.12. The summed E-state index contributed by atoms with van der Waals surface area (Å²) in [7, 11) is 0. The molecule has 0 aliphatic carbocycles. The smallest absolute Gasteiger partial charge is 0.229 e. The number of pyridine rings is 2. The maximum atomic E-state index is 6.24. The lowest BCUT2D eigenvalue weighted by molar-refractivity contribution is 0.585. The van der Waals surface area contributed by atoms with Gasteiger partial charge in [0.05, 0.1) is 23.1 Å². The number of nitrogens with two attached hydrogens (primary N) is 1. The number of hydrogen-bond donors (Lipinski definition) is 3. The van der Waals surface area contributed by atoms with E-state index in [0.29, 0.717) is 11.8 Å². The van der Waals surface area contributed by atoms with Gasteiger partial charge in [0.1, 0.15) is 11.6 Å².